The number of pyridine rings is 2. The Morgan fingerprint density at radius 3 is 2.81 bits per heavy atom. The van der Waals surface area contributed by atoms with Crippen LogP contribution < -0.4 is 5.32 Å². The van der Waals surface area contributed by atoms with Gasteiger partial charge in [-0.1, -0.05) is 6.07 Å². The molecule has 26 heavy (non-hydrogen) atoms. The van der Waals surface area contributed by atoms with E-state index in [1.807, 2.05) is 30.5 Å². The Morgan fingerprint density at radius 1 is 1.08 bits per heavy atom. The topological polar surface area (TPSA) is 98.8 Å². The van der Waals surface area contributed by atoms with Gasteiger partial charge in [0.1, 0.15) is 0 Å². The fourth-order valence-electron chi connectivity index (χ4n) is 2.76. The summed E-state index contributed by atoms with van der Waals surface area (Å²) in [5.74, 6) is 0.646. The summed E-state index contributed by atoms with van der Waals surface area (Å²) in [5.41, 5.74) is 1.67. The fraction of sp³-hybridized carbons (Fsp3) is 0.0556. The number of fused-ring (bicyclic) bond motifs is 1. The normalized spacial score (nSPS) is 10.8. The van der Waals surface area contributed by atoms with Gasteiger partial charge in [0.25, 0.3) is 5.69 Å². The molecule has 0 saturated heterocycles. The number of anilines is 2. The molecular weight excluding hydrogens is 332 g/mol. The van der Waals surface area contributed by atoms with E-state index >= 15 is 0 Å². The lowest BCUT2D eigenvalue weighted by atomic mass is 10.1. The summed E-state index contributed by atoms with van der Waals surface area (Å²) in [7, 11) is 0. The lowest BCUT2D eigenvalue weighted by Crippen LogP contribution is -2.03. The Balaban J connectivity index is 1.62. The van der Waals surface area contributed by atoms with E-state index in [0.29, 0.717) is 23.1 Å². The van der Waals surface area contributed by atoms with Gasteiger partial charge < -0.3 is 5.32 Å². The highest BCUT2D eigenvalue weighted by Crippen LogP contribution is 2.32. The second kappa shape index (κ2) is 6.60. The molecule has 4 rings (SSSR count). The van der Waals surface area contributed by atoms with Crippen LogP contribution in [0.5, 0.6) is 0 Å². The molecule has 128 valence electrons. The van der Waals surface area contributed by atoms with Gasteiger partial charge in [-0.15, -0.1) is 0 Å². The first-order chi connectivity index (χ1) is 12.7. The molecule has 0 radical (unpaired) electrons. The molecule has 0 unspecified atom stereocenters. The SMILES string of the molecule is O=[N+]([O-])c1ccc(Nc2ccn(Cc3ccccn3)n2)c2ccncc12. The van der Waals surface area contributed by atoms with Crippen LogP contribution in [-0.2, 0) is 6.54 Å². The third-order valence-electron chi connectivity index (χ3n) is 3.95. The maximum Gasteiger partial charge on any atom is 0.278 e. The highest BCUT2D eigenvalue weighted by Gasteiger charge is 2.14. The fourth-order valence-corrected chi connectivity index (χ4v) is 2.76. The van der Waals surface area contributed by atoms with Gasteiger partial charge in [0.2, 0.25) is 0 Å². The van der Waals surface area contributed by atoms with E-state index < -0.39 is 4.92 Å². The van der Waals surface area contributed by atoms with Crippen molar-refractivity contribution in [2.75, 3.05) is 5.32 Å². The summed E-state index contributed by atoms with van der Waals surface area (Å²) in [5, 5.41) is 20.1. The third kappa shape index (κ3) is 3.07. The first-order valence-electron chi connectivity index (χ1n) is 7.92. The smallest absolute Gasteiger partial charge is 0.278 e. The van der Waals surface area contributed by atoms with Crippen molar-refractivity contribution in [3.05, 3.63) is 83.1 Å². The van der Waals surface area contributed by atoms with E-state index in [2.05, 4.69) is 20.4 Å². The Bertz CT molecular complexity index is 1080. The van der Waals surface area contributed by atoms with Crippen molar-refractivity contribution in [2.45, 2.75) is 6.54 Å². The van der Waals surface area contributed by atoms with Gasteiger partial charge in [0, 0.05) is 48.0 Å². The van der Waals surface area contributed by atoms with Crippen molar-refractivity contribution in [1.29, 1.82) is 0 Å². The van der Waals surface area contributed by atoms with Crippen LogP contribution in [0.15, 0.2) is 67.3 Å². The predicted molar refractivity (Wildman–Crippen MR) is 97.2 cm³/mol. The Hall–Kier alpha value is -3.81. The molecule has 0 aliphatic heterocycles. The number of rotatable bonds is 5. The van der Waals surface area contributed by atoms with Gasteiger partial charge in [-0.3, -0.25) is 24.8 Å². The molecule has 0 spiro atoms. The molecular formula is C18H14N6O2. The van der Waals surface area contributed by atoms with Crippen molar-refractivity contribution < 1.29 is 4.92 Å². The second-order valence-electron chi connectivity index (χ2n) is 5.66. The van der Waals surface area contributed by atoms with E-state index in [1.165, 1.54) is 12.3 Å². The number of nitrogens with zero attached hydrogens (tertiary/aromatic N) is 5. The Labute approximate surface area is 148 Å². The first-order valence-corrected chi connectivity index (χ1v) is 7.92. The number of hydrogen-bond donors (Lipinski definition) is 1. The first kappa shape index (κ1) is 15.7. The van der Waals surface area contributed by atoms with E-state index in [-0.39, 0.29) is 5.69 Å². The quantitative estimate of drug-likeness (QED) is 0.438. The second-order valence-corrected chi connectivity index (χ2v) is 5.66. The summed E-state index contributed by atoms with van der Waals surface area (Å²) in [4.78, 5) is 19.1. The Morgan fingerprint density at radius 2 is 2.00 bits per heavy atom. The molecule has 0 aliphatic carbocycles. The van der Waals surface area contributed by atoms with E-state index in [1.54, 1.807) is 29.2 Å². The van der Waals surface area contributed by atoms with Crippen LogP contribution >= 0.6 is 0 Å². The third-order valence-corrected chi connectivity index (χ3v) is 3.95. The summed E-state index contributed by atoms with van der Waals surface area (Å²) in [6.45, 7) is 0.563. The maximum atomic E-state index is 11.2. The average molecular weight is 346 g/mol. The van der Waals surface area contributed by atoms with Crippen molar-refractivity contribution in [3.8, 4) is 0 Å². The minimum absolute atomic E-state index is 0.0272. The summed E-state index contributed by atoms with van der Waals surface area (Å²) >= 11 is 0. The molecule has 4 aromatic rings. The lowest BCUT2D eigenvalue weighted by molar-refractivity contribution is -0.383. The lowest BCUT2D eigenvalue weighted by Gasteiger charge is -2.08. The van der Waals surface area contributed by atoms with Crippen LogP contribution in [0, 0.1) is 10.1 Å². The van der Waals surface area contributed by atoms with Gasteiger partial charge in [-0.2, -0.15) is 5.10 Å². The number of benzene rings is 1. The molecule has 0 aliphatic rings. The minimum Gasteiger partial charge on any atom is -0.338 e. The predicted octanol–water partition coefficient (Wildman–Crippen LogP) is 3.53. The average Bonchev–Trinajstić information content (AvgIpc) is 3.09. The molecule has 1 N–H and O–H groups in total. The molecule has 1 aromatic carbocycles. The highest BCUT2D eigenvalue weighted by atomic mass is 16.6. The van der Waals surface area contributed by atoms with E-state index in [4.69, 9.17) is 0 Å². The number of non-ortho nitro benzene ring substituents is 1. The molecule has 8 heteroatoms. The van der Waals surface area contributed by atoms with Gasteiger partial charge in [-0.25, -0.2) is 0 Å². The molecule has 0 saturated carbocycles. The summed E-state index contributed by atoms with van der Waals surface area (Å²) < 4.78 is 1.78. The summed E-state index contributed by atoms with van der Waals surface area (Å²) in [6.07, 6.45) is 6.70. The van der Waals surface area contributed by atoms with Gasteiger partial charge >= 0.3 is 0 Å². The van der Waals surface area contributed by atoms with Crippen molar-refractivity contribution in [2.24, 2.45) is 0 Å². The molecule has 0 bridgehead atoms. The number of nitro groups is 1. The van der Waals surface area contributed by atoms with Crippen molar-refractivity contribution in [1.82, 2.24) is 19.7 Å². The number of aromatic nitrogens is 4. The van der Waals surface area contributed by atoms with Gasteiger partial charge in [0.05, 0.1) is 22.5 Å². The maximum absolute atomic E-state index is 11.2. The summed E-state index contributed by atoms with van der Waals surface area (Å²) in [6, 6.07) is 12.5. The van der Waals surface area contributed by atoms with Crippen LogP contribution in [0.1, 0.15) is 5.69 Å². The zero-order chi connectivity index (χ0) is 17.9. The standard InChI is InChI=1S/C18H14N6O2/c25-24(26)17-5-4-16(14-6-9-19-11-15(14)17)21-18-7-10-23(22-18)12-13-3-1-2-8-20-13/h1-11H,12H2,(H,21,22). The number of nitro benzene ring substituents is 1. The molecule has 8 nitrogen and oxygen atoms in total. The van der Waals surface area contributed by atoms with Crippen LogP contribution in [0.25, 0.3) is 10.8 Å². The molecule has 0 amide bonds. The molecule has 3 heterocycles. The number of nitrogens with one attached hydrogen (secondary N) is 1. The zero-order valence-corrected chi connectivity index (χ0v) is 13.6. The minimum atomic E-state index is -0.407. The highest BCUT2D eigenvalue weighted by molar-refractivity contribution is 6.00. The van der Waals surface area contributed by atoms with Crippen molar-refractivity contribution in [3.63, 3.8) is 0 Å². The molecule has 0 fully saturated rings. The van der Waals surface area contributed by atoms with Crippen LogP contribution in [0.2, 0.25) is 0 Å². The van der Waals surface area contributed by atoms with Crippen molar-refractivity contribution >= 4 is 28.0 Å². The monoisotopic (exact) mass is 346 g/mol. The zero-order valence-electron chi connectivity index (χ0n) is 13.6. The van der Waals surface area contributed by atoms with Gasteiger partial charge in [-0.05, 0) is 24.3 Å². The Kier molecular flexibility index (Phi) is 3.98. The van der Waals surface area contributed by atoms with Crippen LogP contribution in [0.4, 0.5) is 17.2 Å². The number of hydrogen-bond acceptors (Lipinski definition) is 6. The van der Waals surface area contributed by atoms with E-state index in [0.717, 1.165) is 11.4 Å². The van der Waals surface area contributed by atoms with E-state index in [9.17, 15) is 10.1 Å². The van der Waals surface area contributed by atoms with Crippen LogP contribution in [-0.4, -0.2) is 24.7 Å². The van der Waals surface area contributed by atoms with Gasteiger partial charge in [0.15, 0.2) is 5.82 Å². The molecule has 0 atom stereocenters. The van der Waals surface area contributed by atoms with Crippen LogP contribution in [0.3, 0.4) is 0 Å². The largest absolute Gasteiger partial charge is 0.338 e. The molecule has 3 aromatic heterocycles.